The van der Waals surface area contributed by atoms with Gasteiger partial charge in [0.2, 0.25) is 0 Å². The average Bonchev–Trinajstić information content (AvgIpc) is 3.12. The van der Waals surface area contributed by atoms with Gasteiger partial charge in [0.15, 0.2) is 0 Å². The van der Waals surface area contributed by atoms with E-state index in [2.05, 4.69) is 16.2 Å². The molecule has 3 rings (SSSR count). The molecule has 1 aromatic carbocycles. The summed E-state index contributed by atoms with van der Waals surface area (Å²) in [5.41, 5.74) is 4.35. The van der Waals surface area contributed by atoms with Crippen molar-refractivity contribution < 1.29 is 0 Å². The van der Waals surface area contributed by atoms with Crippen LogP contribution in [0, 0.1) is 18.3 Å². The highest BCUT2D eigenvalue weighted by Crippen LogP contribution is 2.27. The van der Waals surface area contributed by atoms with Gasteiger partial charge >= 0.3 is 0 Å². The first-order valence-corrected chi connectivity index (χ1v) is 7.68. The Morgan fingerprint density at radius 2 is 2.09 bits per heavy atom. The molecule has 3 aromatic rings. The fraction of sp³-hybridized carbons (Fsp3) is 0.118. The van der Waals surface area contributed by atoms with Crippen molar-refractivity contribution in [2.45, 2.75) is 6.92 Å². The minimum absolute atomic E-state index is 0.559. The van der Waals surface area contributed by atoms with E-state index in [-0.39, 0.29) is 0 Å². The fourth-order valence-electron chi connectivity index (χ4n) is 2.20. The van der Waals surface area contributed by atoms with Crippen molar-refractivity contribution in [2.24, 2.45) is 7.05 Å². The van der Waals surface area contributed by atoms with E-state index in [0.29, 0.717) is 5.57 Å². The first-order valence-electron chi connectivity index (χ1n) is 6.81. The van der Waals surface area contributed by atoms with Crippen molar-refractivity contribution in [1.29, 1.82) is 5.26 Å². The Hall–Kier alpha value is -2.71. The molecule has 108 valence electrons. The Balaban J connectivity index is 1.97. The van der Waals surface area contributed by atoms with Crippen molar-refractivity contribution >= 4 is 23.0 Å². The molecule has 0 N–H and O–H groups in total. The number of hydrogen-bond acceptors (Lipinski definition) is 4. The Kier molecular flexibility index (Phi) is 3.86. The first-order chi connectivity index (χ1) is 10.7. The van der Waals surface area contributed by atoms with Crippen LogP contribution in [0.1, 0.15) is 16.3 Å². The van der Waals surface area contributed by atoms with Gasteiger partial charge in [-0.05, 0) is 13.0 Å². The van der Waals surface area contributed by atoms with E-state index in [1.807, 2.05) is 62.0 Å². The largest absolute Gasteiger partial charge is 0.275 e. The van der Waals surface area contributed by atoms with Crippen LogP contribution >= 0.6 is 11.3 Å². The van der Waals surface area contributed by atoms with Crippen LogP contribution in [0.3, 0.4) is 0 Å². The fourth-order valence-corrected chi connectivity index (χ4v) is 2.99. The zero-order valence-corrected chi connectivity index (χ0v) is 13.1. The highest BCUT2D eigenvalue weighted by atomic mass is 32.1. The van der Waals surface area contributed by atoms with Crippen LogP contribution < -0.4 is 0 Å². The maximum absolute atomic E-state index is 9.44. The molecule has 0 aliphatic heterocycles. The molecule has 2 aromatic heterocycles. The Morgan fingerprint density at radius 1 is 1.32 bits per heavy atom. The second-order valence-corrected chi connectivity index (χ2v) is 5.78. The zero-order chi connectivity index (χ0) is 15.5. The van der Waals surface area contributed by atoms with E-state index in [1.165, 1.54) is 11.3 Å². The third kappa shape index (κ3) is 2.83. The van der Waals surface area contributed by atoms with Crippen LogP contribution in [0.5, 0.6) is 0 Å². The van der Waals surface area contributed by atoms with Gasteiger partial charge < -0.3 is 0 Å². The monoisotopic (exact) mass is 306 g/mol. The van der Waals surface area contributed by atoms with Gasteiger partial charge in [0, 0.05) is 29.8 Å². The third-order valence-electron chi connectivity index (χ3n) is 3.28. The molecule has 0 bridgehead atoms. The van der Waals surface area contributed by atoms with Crippen LogP contribution in [0.4, 0.5) is 0 Å². The van der Waals surface area contributed by atoms with Gasteiger partial charge in [0.25, 0.3) is 0 Å². The van der Waals surface area contributed by atoms with E-state index in [1.54, 1.807) is 4.68 Å². The summed E-state index contributed by atoms with van der Waals surface area (Å²) in [5.74, 6) is 0. The van der Waals surface area contributed by atoms with Crippen molar-refractivity contribution in [3.63, 3.8) is 0 Å². The van der Waals surface area contributed by atoms with Crippen LogP contribution in [-0.2, 0) is 7.05 Å². The van der Waals surface area contributed by atoms with E-state index >= 15 is 0 Å². The molecule has 0 radical (unpaired) electrons. The topological polar surface area (TPSA) is 54.5 Å². The van der Waals surface area contributed by atoms with Gasteiger partial charge in [-0.3, -0.25) is 4.68 Å². The van der Waals surface area contributed by atoms with Crippen LogP contribution in [0.15, 0.2) is 41.9 Å². The van der Waals surface area contributed by atoms with Crippen LogP contribution in [0.2, 0.25) is 0 Å². The van der Waals surface area contributed by atoms with Gasteiger partial charge in [-0.15, -0.1) is 11.3 Å². The molecule has 5 heteroatoms. The van der Waals surface area contributed by atoms with Crippen molar-refractivity contribution in [3.05, 3.63) is 58.2 Å². The molecule has 0 saturated heterocycles. The summed E-state index contributed by atoms with van der Waals surface area (Å²) in [7, 11) is 1.87. The molecule has 22 heavy (non-hydrogen) atoms. The van der Waals surface area contributed by atoms with Crippen LogP contribution in [0.25, 0.3) is 22.9 Å². The SMILES string of the molecule is Cc1nn(C)cc1/C=C(\C#N)c1nc(-c2ccccc2)cs1. The highest BCUT2D eigenvalue weighted by molar-refractivity contribution is 7.11. The predicted octanol–water partition coefficient (Wildman–Crippen LogP) is 3.92. The lowest BCUT2D eigenvalue weighted by Crippen LogP contribution is -1.86. The number of benzene rings is 1. The Morgan fingerprint density at radius 3 is 2.73 bits per heavy atom. The molecule has 2 heterocycles. The molecule has 0 atom stereocenters. The molecule has 0 unspecified atom stereocenters. The minimum Gasteiger partial charge on any atom is -0.275 e. The van der Waals surface area contributed by atoms with E-state index < -0.39 is 0 Å². The lowest BCUT2D eigenvalue weighted by atomic mass is 10.1. The molecule has 0 aliphatic carbocycles. The van der Waals surface area contributed by atoms with Crippen molar-refractivity contribution in [2.75, 3.05) is 0 Å². The first kappa shape index (κ1) is 14.2. The summed E-state index contributed by atoms with van der Waals surface area (Å²) in [6.45, 7) is 1.93. The molecule has 4 nitrogen and oxygen atoms in total. The predicted molar refractivity (Wildman–Crippen MR) is 89.0 cm³/mol. The zero-order valence-electron chi connectivity index (χ0n) is 12.3. The van der Waals surface area contributed by atoms with Crippen LogP contribution in [-0.4, -0.2) is 14.8 Å². The second kappa shape index (κ2) is 5.96. The van der Waals surface area contributed by atoms with E-state index in [4.69, 9.17) is 0 Å². The smallest absolute Gasteiger partial charge is 0.134 e. The summed E-state index contributed by atoms with van der Waals surface area (Å²) in [5, 5.41) is 16.4. The normalized spacial score (nSPS) is 11.4. The van der Waals surface area contributed by atoms with Crippen molar-refractivity contribution in [1.82, 2.24) is 14.8 Å². The average molecular weight is 306 g/mol. The second-order valence-electron chi connectivity index (χ2n) is 4.92. The van der Waals surface area contributed by atoms with Gasteiger partial charge in [0.1, 0.15) is 11.1 Å². The number of allylic oxidation sites excluding steroid dienone is 1. The summed E-state index contributed by atoms with van der Waals surface area (Å²) in [6.07, 6.45) is 3.74. The van der Waals surface area contributed by atoms with Gasteiger partial charge in [0.05, 0.1) is 17.0 Å². The molecule has 0 fully saturated rings. The maximum atomic E-state index is 9.44. The quantitative estimate of drug-likeness (QED) is 0.689. The molecule has 0 amide bonds. The van der Waals surface area contributed by atoms with Gasteiger partial charge in [-0.1, -0.05) is 30.3 Å². The molecular weight excluding hydrogens is 292 g/mol. The number of aromatic nitrogens is 3. The summed E-state index contributed by atoms with van der Waals surface area (Å²) in [6, 6.07) is 12.2. The lowest BCUT2D eigenvalue weighted by Gasteiger charge is -1.95. The molecule has 0 spiro atoms. The Labute approximate surface area is 133 Å². The molecular formula is C17H14N4S. The number of hydrogen-bond donors (Lipinski definition) is 0. The number of thiazole rings is 1. The van der Waals surface area contributed by atoms with E-state index in [0.717, 1.165) is 27.5 Å². The highest BCUT2D eigenvalue weighted by Gasteiger charge is 2.10. The summed E-state index contributed by atoms with van der Waals surface area (Å²) in [4.78, 5) is 4.58. The number of rotatable bonds is 3. The van der Waals surface area contributed by atoms with E-state index in [9.17, 15) is 5.26 Å². The molecule has 0 saturated carbocycles. The third-order valence-corrected chi connectivity index (χ3v) is 4.15. The number of nitrogens with zero attached hydrogens (tertiary/aromatic N) is 4. The minimum atomic E-state index is 0.559. The maximum Gasteiger partial charge on any atom is 0.134 e. The summed E-state index contributed by atoms with van der Waals surface area (Å²) >= 11 is 1.48. The van der Waals surface area contributed by atoms with Gasteiger partial charge in [-0.2, -0.15) is 10.4 Å². The Bertz CT molecular complexity index is 866. The number of nitriles is 1. The van der Waals surface area contributed by atoms with Gasteiger partial charge in [-0.25, -0.2) is 4.98 Å². The molecule has 0 aliphatic rings. The number of aryl methyl sites for hydroxylation is 2. The van der Waals surface area contributed by atoms with Crippen molar-refractivity contribution in [3.8, 4) is 17.3 Å². The lowest BCUT2D eigenvalue weighted by molar-refractivity contribution is 0.756. The standard InChI is InChI=1S/C17H14N4S/c1-12-15(10-21(2)20-12)8-14(9-18)17-19-16(11-22-17)13-6-4-3-5-7-13/h3-8,10-11H,1-2H3/b14-8+. The summed E-state index contributed by atoms with van der Waals surface area (Å²) < 4.78 is 1.74.